The number of anilines is 1. The van der Waals surface area contributed by atoms with Crippen molar-refractivity contribution < 1.29 is 0 Å². The van der Waals surface area contributed by atoms with Crippen LogP contribution >= 0.6 is 11.3 Å². The fraction of sp³-hybridized carbons (Fsp3) is 0.209. The summed E-state index contributed by atoms with van der Waals surface area (Å²) in [6.45, 7) is 6.59. The van der Waals surface area contributed by atoms with Crippen LogP contribution in [0.4, 0.5) is 39.3 Å². The summed E-state index contributed by atoms with van der Waals surface area (Å²) in [6.07, 6.45) is 5.85. The molecule has 0 aliphatic carbocycles. The Morgan fingerprint density at radius 1 is 0.566 bits per heavy atom. The van der Waals surface area contributed by atoms with Gasteiger partial charge in [-0.3, -0.25) is 0 Å². The van der Waals surface area contributed by atoms with Crippen LogP contribution in [0.3, 0.4) is 0 Å². The van der Waals surface area contributed by atoms with Crippen molar-refractivity contribution in [2.75, 3.05) is 5.32 Å². The molecule has 0 spiro atoms. The third-order valence-corrected chi connectivity index (χ3v) is 9.97. The lowest BCUT2D eigenvalue weighted by molar-refractivity contribution is 0.717. The van der Waals surface area contributed by atoms with Crippen LogP contribution in [0.25, 0.3) is 32.1 Å². The summed E-state index contributed by atoms with van der Waals surface area (Å²) in [4.78, 5) is 0. The molecule has 1 aromatic heterocycles. The van der Waals surface area contributed by atoms with Crippen LogP contribution in [-0.2, 0) is 6.42 Å². The molecular weight excluding hydrogens is 675 g/mol. The first-order chi connectivity index (χ1) is 26.1. The van der Waals surface area contributed by atoms with Crippen molar-refractivity contribution in [2.24, 2.45) is 30.7 Å². The normalized spacial score (nSPS) is 12.5. The highest BCUT2D eigenvalue weighted by Gasteiger charge is 2.10. The average molecular weight is 716 g/mol. The minimum Gasteiger partial charge on any atom is -0.382 e. The van der Waals surface area contributed by atoms with Crippen LogP contribution < -0.4 is 5.32 Å². The zero-order valence-corrected chi connectivity index (χ0v) is 31.0. The number of nitrogens with zero attached hydrogens (tertiary/aromatic N) is 8. The van der Waals surface area contributed by atoms with Gasteiger partial charge in [-0.15, -0.1) is 35.8 Å². The summed E-state index contributed by atoms with van der Waals surface area (Å²) in [7, 11) is 0. The first-order valence-corrected chi connectivity index (χ1v) is 19.0. The van der Waals surface area contributed by atoms with Crippen LogP contribution in [0.2, 0.25) is 0 Å². The molecule has 264 valence electrons. The molecule has 10 heteroatoms. The molecule has 7 aromatic rings. The molecule has 1 N–H and O–H groups in total. The highest BCUT2D eigenvalue weighted by atomic mass is 32.1. The Bertz CT molecular complexity index is 2400. The minimum atomic E-state index is 0.375. The van der Waals surface area contributed by atoms with Gasteiger partial charge in [-0.2, -0.15) is 5.11 Å². The van der Waals surface area contributed by atoms with E-state index in [1.165, 1.54) is 36.2 Å². The molecule has 6 aromatic carbocycles. The Kier molecular flexibility index (Phi) is 11.4. The summed E-state index contributed by atoms with van der Waals surface area (Å²) in [5.41, 5.74) is 7.20. The van der Waals surface area contributed by atoms with E-state index < -0.39 is 0 Å². The zero-order chi connectivity index (χ0) is 36.4. The number of aryl methyl sites for hydroxylation is 1. The molecule has 0 fully saturated rings. The zero-order valence-electron chi connectivity index (χ0n) is 30.1. The van der Waals surface area contributed by atoms with Gasteiger partial charge in [0.1, 0.15) is 5.01 Å². The number of azo groups is 3. The van der Waals surface area contributed by atoms with Crippen molar-refractivity contribution in [3.8, 4) is 10.6 Å². The Hall–Kier alpha value is -6.00. The van der Waals surface area contributed by atoms with Gasteiger partial charge in [0.15, 0.2) is 0 Å². The van der Waals surface area contributed by atoms with Crippen LogP contribution in [0.1, 0.15) is 52.0 Å². The van der Waals surface area contributed by atoms with Crippen LogP contribution in [-0.4, -0.2) is 16.2 Å². The molecule has 0 saturated carbocycles. The Morgan fingerprint density at radius 3 is 1.72 bits per heavy atom. The lowest BCUT2D eigenvalue weighted by atomic mass is 10.1. The van der Waals surface area contributed by atoms with E-state index in [0.29, 0.717) is 22.5 Å². The molecule has 0 radical (unpaired) electrons. The standard InChI is InChI=1S/C43H41N9S/c1-4-6-7-12-30-17-19-31(20-18-30)42-50-52-43(53-42)51-46-33-23-21-32(22-24-33)45-47-39-27-28-41(37-16-11-10-15-36(37)39)49-48-40-26-25-38(44-29(3)5-2)34-13-8-9-14-35(34)40/h8-11,13-29,44H,4-7,12H2,1-3H3. The number of hydrogen-bond donors (Lipinski definition) is 1. The Balaban J connectivity index is 1.03. The highest BCUT2D eigenvalue weighted by Crippen LogP contribution is 2.38. The molecular formula is C43H41N9S. The number of benzene rings is 6. The van der Waals surface area contributed by atoms with E-state index in [1.807, 2.05) is 72.8 Å². The second kappa shape index (κ2) is 17.0. The van der Waals surface area contributed by atoms with E-state index in [1.54, 1.807) is 0 Å². The van der Waals surface area contributed by atoms with E-state index in [9.17, 15) is 0 Å². The number of rotatable bonds is 14. The number of unbranched alkanes of at least 4 members (excludes halogenated alkanes) is 2. The monoisotopic (exact) mass is 715 g/mol. The van der Waals surface area contributed by atoms with E-state index in [4.69, 9.17) is 10.2 Å². The molecule has 0 aliphatic heterocycles. The van der Waals surface area contributed by atoms with Crippen LogP contribution in [0.15, 0.2) is 152 Å². The fourth-order valence-corrected chi connectivity index (χ4v) is 6.65. The van der Waals surface area contributed by atoms with E-state index >= 15 is 0 Å². The van der Waals surface area contributed by atoms with Gasteiger partial charge in [-0.25, -0.2) is 0 Å². The molecule has 7 rings (SSSR count). The van der Waals surface area contributed by atoms with Crippen molar-refractivity contribution in [3.05, 3.63) is 127 Å². The summed E-state index contributed by atoms with van der Waals surface area (Å²) in [5.74, 6) is 0. The van der Waals surface area contributed by atoms with E-state index in [-0.39, 0.29) is 0 Å². The largest absolute Gasteiger partial charge is 0.382 e. The van der Waals surface area contributed by atoms with Gasteiger partial charge in [0, 0.05) is 38.8 Å². The maximum atomic E-state index is 4.71. The van der Waals surface area contributed by atoms with Gasteiger partial charge in [0.25, 0.3) is 5.13 Å². The lowest BCUT2D eigenvalue weighted by Crippen LogP contribution is -2.13. The molecule has 0 saturated heterocycles. The van der Waals surface area contributed by atoms with Gasteiger partial charge in [-0.1, -0.05) is 111 Å². The van der Waals surface area contributed by atoms with Crippen molar-refractivity contribution >= 4 is 72.1 Å². The summed E-state index contributed by atoms with van der Waals surface area (Å²) < 4.78 is 0. The molecule has 0 aliphatic rings. The van der Waals surface area contributed by atoms with Crippen molar-refractivity contribution in [2.45, 2.75) is 58.9 Å². The second-order valence-corrected chi connectivity index (χ2v) is 13.9. The van der Waals surface area contributed by atoms with Gasteiger partial charge < -0.3 is 5.32 Å². The number of nitrogens with one attached hydrogen (secondary N) is 1. The van der Waals surface area contributed by atoms with Crippen molar-refractivity contribution in [1.82, 2.24) is 10.2 Å². The predicted molar refractivity (Wildman–Crippen MR) is 219 cm³/mol. The molecule has 1 heterocycles. The van der Waals surface area contributed by atoms with Gasteiger partial charge in [0.05, 0.1) is 28.4 Å². The molecule has 1 unspecified atom stereocenters. The molecule has 53 heavy (non-hydrogen) atoms. The molecule has 0 amide bonds. The number of fused-ring (bicyclic) bond motifs is 2. The maximum absolute atomic E-state index is 4.71. The number of aromatic nitrogens is 2. The van der Waals surface area contributed by atoms with Crippen LogP contribution in [0.5, 0.6) is 0 Å². The van der Waals surface area contributed by atoms with Gasteiger partial charge in [-0.05, 0) is 80.3 Å². The van der Waals surface area contributed by atoms with E-state index in [0.717, 1.165) is 67.7 Å². The topological polar surface area (TPSA) is 112 Å². The van der Waals surface area contributed by atoms with Crippen LogP contribution in [0, 0.1) is 0 Å². The maximum Gasteiger partial charge on any atom is 0.252 e. The summed E-state index contributed by atoms with van der Waals surface area (Å²) in [5, 5.41) is 44.8. The van der Waals surface area contributed by atoms with Crippen molar-refractivity contribution in [1.29, 1.82) is 0 Å². The first kappa shape index (κ1) is 35.4. The third kappa shape index (κ3) is 8.73. The Morgan fingerprint density at radius 2 is 1.11 bits per heavy atom. The Labute approximate surface area is 313 Å². The fourth-order valence-electron chi connectivity index (χ4n) is 5.98. The van der Waals surface area contributed by atoms with Gasteiger partial charge >= 0.3 is 0 Å². The number of hydrogen-bond acceptors (Lipinski definition) is 10. The molecule has 0 bridgehead atoms. The lowest BCUT2D eigenvalue weighted by Gasteiger charge is -2.15. The quantitative estimate of drug-likeness (QED) is 0.0893. The summed E-state index contributed by atoms with van der Waals surface area (Å²) in [6, 6.07) is 40.7. The van der Waals surface area contributed by atoms with Crippen molar-refractivity contribution in [3.63, 3.8) is 0 Å². The summed E-state index contributed by atoms with van der Waals surface area (Å²) >= 11 is 1.42. The third-order valence-electron chi connectivity index (χ3n) is 9.12. The first-order valence-electron chi connectivity index (χ1n) is 18.2. The second-order valence-electron chi connectivity index (χ2n) is 12.9. The minimum absolute atomic E-state index is 0.375. The molecule has 9 nitrogen and oxygen atoms in total. The smallest absolute Gasteiger partial charge is 0.252 e. The van der Waals surface area contributed by atoms with E-state index in [2.05, 4.69) is 105 Å². The highest BCUT2D eigenvalue weighted by molar-refractivity contribution is 7.18. The predicted octanol–water partition coefficient (Wildman–Crippen LogP) is 14.7. The van der Waals surface area contributed by atoms with Gasteiger partial charge in [0.2, 0.25) is 0 Å². The SMILES string of the molecule is CCCCCc1ccc(-c2nnc(N=Nc3ccc(N=Nc4ccc(N=Nc5ccc(NC(C)CC)c6ccccc56)c5ccccc45)cc3)s2)cc1. The average Bonchev–Trinajstić information content (AvgIpc) is 3.69. The molecule has 1 atom stereocenters.